The Labute approximate surface area is 279 Å². The van der Waals surface area contributed by atoms with Crippen LogP contribution < -0.4 is 15.5 Å². The number of rotatable bonds is 20. The third kappa shape index (κ3) is 10.4. The van der Waals surface area contributed by atoms with Gasteiger partial charge in [0.2, 0.25) is 5.78 Å². The number of Topliss-reactive ketones (excluding diaryl/α,β-unsaturated/α-hetero) is 1. The number of halogens is 1. The molecule has 2 aromatic carbocycles. The van der Waals surface area contributed by atoms with E-state index in [-0.39, 0.29) is 51.0 Å². The Bertz CT molecular complexity index is 1510. The highest BCUT2D eigenvalue weighted by atomic mass is 35.5. The van der Waals surface area contributed by atoms with Gasteiger partial charge in [0.15, 0.2) is 5.43 Å². The molecule has 3 unspecified atom stereocenters. The molecule has 1 heterocycles. The lowest BCUT2D eigenvalue weighted by Gasteiger charge is -2.36. The summed E-state index contributed by atoms with van der Waals surface area (Å²) in [5.41, 5.74) is -2.80. The molecule has 3 rings (SSSR count). The van der Waals surface area contributed by atoms with Crippen molar-refractivity contribution in [1.82, 2.24) is 5.32 Å². The summed E-state index contributed by atoms with van der Waals surface area (Å²) in [7, 11) is 0. The van der Waals surface area contributed by atoms with E-state index in [1.807, 2.05) is 39.0 Å². The van der Waals surface area contributed by atoms with Crippen LogP contribution in [-0.4, -0.2) is 85.9 Å². The van der Waals surface area contributed by atoms with Gasteiger partial charge in [0.1, 0.15) is 24.2 Å². The maximum atomic E-state index is 13.2. The third-order valence-electron chi connectivity index (χ3n) is 7.53. The number of hydrogen-bond acceptors (Lipinski definition) is 11. The van der Waals surface area contributed by atoms with Crippen molar-refractivity contribution in [2.24, 2.45) is 5.41 Å². The molecule has 0 bridgehead atoms. The van der Waals surface area contributed by atoms with Gasteiger partial charge < -0.3 is 33.9 Å². The van der Waals surface area contributed by atoms with Crippen LogP contribution in [0.4, 0.5) is 0 Å². The Kier molecular flexibility index (Phi) is 13.9. The van der Waals surface area contributed by atoms with Crippen molar-refractivity contribution in [3.05, 3.63) is 51.6 Å². The SMILES string of the molecule is CCOCC(CO)(COCNC(C)OC(C)(C)C(=O)COc1ccc(Cl)c2c(=O)c3ccccc3sc12)COC(C)(C)CC(C)O. The van der Waals surface area contributed by atoms with Crippen molar-refractivity contribution >= 4 is 48.9 Å². The number of carbonyl (C=O) groups is 1. The average molecular weight is 682 g/mol. The van der Waals surface area contributed by atoms with Gasteiger partial charge in [-0.2, -0.15) is 0 Å². The number of fused-ring (bicyclic) bond motifs is 2. The minimum Gasteiger partial charge on any atom is -0.484 e. The third-order valence-corrected chi connectivity index (χ3v) is 9.03. The number of nitrogens with one attached hydrogen (secondary N) is 1. The molecule has 0 aliphatic carbocycles. The second-order valence-corrected chi connectivity index (χ2v) is 14.2. The second kappa shape index (κ2) is 16.8. The van der Waals surface area contributed by atoms with Gasteiger partial charge in [-0.3, -0.25) is 14.9 Å². The number of ketones is 1. The summed E-state index contributed by atoms with van der Waals surface area (Å²) in [6.45, 7) is 13.0. The molecule has 3 aromatic rings. The monoisotopic (exact) mass is 681 g/mol. The standard InChI is InChI=1S/C34H48ClNO9S/c1-8-41-18-34(17-37,20-44-32(4,5)15-22(2)38)19-42-21-36-23(3)45-33(6,7)28(39)16-43-26-14-13-25(35)29-30(40)24-11-9-10-12-27(24)46-31(26)29/h9-14,22-23,36-38H,8,15-21H2,1-7H3. The molecule has 0 saturated heterocycles. The van der Waals surface area contributed by atoms with Crippen LogP contribution in [0.2, 0.25) is 5.02 Å². The highest BCUT2D eigenvalue weighted by molar-refractivity contribution is 7.25. The molecule has 3 atom stereocenters. The summed E-state index contributed by atoms with van der Waals surface area (Å²) in [6.07, 6.45) is -0.654. The van der Waals surface area contributed by atoms with Crippen LogP contribution in [0.25, 0.3) is 20.2 Å². The first-order valence-electron chi connectivity index (χ1n) is 15.4. The van der Waals surface area contributed by atoms with Gasteiger partial charge in [-0.1, -0.05) is 23.7 Å². The topological polar surface area (TPSA) is 133 Å². The molecule has 0 spiro atoms. The van der Waals surface area contributed by atoms with E-state index in [1.165, 1.54) is 11.3 Å². The molecule has 46 heavy (non-hydrogen) atoms. The van der Waals surface area contributed by atoms with Crippen LogP contribution >= 0.6 is 22.9 Å². The Morgan fingerprint density at radius 3 is 2.41 bits per heavy atom. The Morgan fingerprint density at radius 1 is 1.04 bits per heavy atom. The van der Waals surface area contributed by atoms with Crippen LogP contribution in [0, 0.1) is 5.41 Å². The van der Waals surface area contributed by atoms with E-state index in [0.29, 0.717) is 39.3 Å². The molecule has 0 fully saturated rings. The predicted molar refractivity (Wildman–Crippen MR) is 182 cm³/mol. The van der Waals surface area contributed by atoms with Crippen molar-refractivity contribution < 1.29 is 38.7 Å². The van der Waals surface area contributed by atoms with Gasteiger partial charge in [-0.05, 0) is 72.7 Å². The maximum absolute atomic E-state index is 13.2. The Morgan fingerprint density at radius 2 is 1.74 bits per heavy atom. The average Bonchev–Trinajstić information content (AvgIpc) is 2.99. The second-order valence-electron chi connectivity index (χ2n) is 12.8. The first-order valence-corrected chi connectivity index (χ1v) is 16.6. The summed E-state index contributed by atoms with van der Waals surface area (Å²) in [5.74, 6) is 0.0971. The number of ether oxygens (including phenoxy) is 5. The zero-order chi connectivity index (χ0) is 34.1. The van der Waals surface area contributed by atoms with Crippen molar-refractivity contribution in [2.45, 2.75) is 78.4 Å². The van der Waals surface area contributed by atoms with E-state index < -0.39 is 28.9 Å². The first kappa shape index (κ1) is 38.3. The van der Waals surface area contributed by atoms with Gasteiger partial charge >= 0.3 is 0 Å². The van der Waals surface area contributed by atoms with E-state index in [9.17, 15) is 19.8 Å². The molecular formula is C34H48ClNO9S. The van der Waals surface area contributed by atoms with E-state index in [1.54, 1.807) is 45.9 Å². The van der Waals surface area contributed by atoms with Gasteiger partial charge in [0.05, 0.1) is 65.4 Å². The molecule has 0 aliphatic heterocycles. The van der Waals surface area contributed by atoms with Crippen LogP contribution in [-0.2, 0) is 23.7 Å². The van der Waals surface area contributed by atoms with E-state index in [0.717, 1.165) is 4.70 Å². The van der Waals surface area contributed by atoms with Gasteiger partial charge in [-0.25, -0.2) is 0 Å². The van der Waals surface area contributed by atoms with Gasteiger partial charge in [0.25, 0.3) is 0 Å². The van der Waals surface area contributed by atoms with Crippen LogP contribution in [0.5, 0.6) is 5.75 Å². The fraction of sp³-hybridized carbons (Fsp3) is 0.588. The van der Waals surface area contributed by atoms with Gasteiger partial charge in [0, 0.05) is 23.1 Å². The van der Waals surface area contributed by atoms with Crippen molar-refractivity contribution in [3.8, 4) is 5.75 Å². The lowest BCUT2D eigenvalue weighted by Crippen LogP contribution is -2.47. The number of aliphatic hydroxyl groups excluding tert-OH is 2. The molecule has 0 radical (unpaired) electrons. The van der Waals surface area contributed by atoms with Crippen molar-refractivity contribution in [3.63, 3.8) is 0 Å². The van der Waals surface area contributed by atoms with Crippen molar-refractivity contribution in [2.75, 3.05) is 46.4 Å². The zero-order valence-electron chi connectivity index (χ0n) is 27.8. The largest absolute Gasteiger partial charge is 0.484 e. The van der Waals surface area contributed by atoms with E-state index in [2.05, 4.69) is 5.32 Å². The number of hydrogen-bond donors (Lipinski definition) is 3. The molecule has 0 saturated carbocycles. The van der Waals surface area contributed by atoms with E-state index >= 15 is 0 Å². The lowest BCUT2D eigenvalue weighted by molar-refractivity contribution is -0.155. The molecule has 3 N–H and O–H groups in total. The van der Waals surface area contributed by atoms with E-state index in [4.69, 9.17) is 35.3 Å². The molecule has 10 nitrogen and oxygen atoms in total. The molecule has 0 amide bonds. The fourth-order valence-corrected chi connectivity index (χ4v) is 6.43. The lowest BCUT2D eigenvalue weighted by atomic mass is 9.91. The normalized spacial score (nSPS) is 15.2. The molecular weight excluding hydrogens is 634 g/mol. The summed E-state index contributed by atoms with van der Waals surface area (Å²) >= 11 is 7.78. The first-order chi connectivity index (χ1) is 21.6. The highest BCUT2D eigenvalue weighted by Crippen LogP contribution is 2.36. The zero-order valence-corrected chi connectivity index (χ0v) is 29.4. The maximum Gasteiger partial charge on any atom is 0.201 e. The predicted octanol–water partition coefficient (Wildman–Crippen LogP) is 5.30. The number of aliphatic hydroxyl groups is 2. The molecule has 0 aliphatic rings. The smallest absolute Gasteiger partial charge is 0.201 e. The fourth-order valence-electron chi connectivity index (χ4n) is 4.96. The van der Waals surface area contributed by atoms with Crippen LogP contribution in [0.1, 0.15) is 54.9 Å². The molecule has 1 aromatic heterocycles. The van der Waals surface area contributed by atoms with Crippen molar-refractivity contribution in [1.29, 1.82) is 0 Å². The van der Waals surface area contributed by atoms with Crippen LogP contribution in [0.15, 0.2) is 41.2 Å². The quantitative estimate of drug-likeness (QED) is 0.0820. The molecule has 12 heteroatoms. The molecule has 256 valence electrons. The van der Waals surface area contributed by atoms with Crippen LogP contribution in [0.3, 0.4) is 0 Å². The summed E-state index contributed by atoms with van der Waals surface area (Å²) in [5, 5.41) is 24.4. The summed E-state index contributed by atoms with van der Waals surface area (Å²) in [4.78, 5) is 26.4. The minimum atomic E-state index is -1.21. The minimum absolute atomic E-state index is 0.0799. The summed E-state index contributed by atoms with van der Waals surface area (Å²) in [6, 6.07) is 10.6. The Hall–Kier alpha value is -2.19. The summed E-state index contributed by atoms with van der Waals surface area (Å²) < 4.78 is 30.9. The number of benzene rings is 2. The number of carbonyl (C=O) groups excluding carboxylic acids is 1. The Balaban J connectivity index is 1.56. The van der Waals surface area contributed by atoms with Gasteiger partial charge in [-0.15, -0.1) is 11.3 Å². The highest BCUT2D eigenvalue weighted by Gasteiger charge is 2.35.